The first-order chi connectivity index (χ1) is 13.0. The van der Waals surface area contributed by atoms with Crippen LogP contribution in [0.2, 0.25) is 0 Å². The molecule has 8 heteroatoms. The minimum atomic E-state index is -4.50. The summed E-state index contributed by atoms with van der Waals surface area (Å²) in [5.41, 5.74) is -0.0632. The topological polar surface area (TPSA) is 40.5 Å². The second-order valence-electron chi connectivity index (χ2n) is 6.36. The van der Waals surface area contributed by atoms with Crippen molar-refractivity contribution in [3.8, 4) is 22.6 Å². The minimum Gasteiger partial charge on any atom is -0.507 e. The fourth-order valence-corrected chi connectivity index (χ4v) is 2.94. The first kappa shape index (κ1) is 19.9. The monoisotopic (exact) mass is 400 g/mol. The number of aromatic hydroxyl groups is 2. The maximum atomic E-state index is 12.7. The lowest BCUT2D eigenvalue weighted by Gasteiger charge is -2.20. The third kappa shape index (κ3) is 4.00. The van der Waals surface area contributed by atoms with Crippen LogP contribution < -0.4 is 0 Å². The van der Waals surface area contributed by atoms with Gasteiger partial charge in [-0.15, -0.1) is 0 Å². The molecule has 2 N–H and O–H groups in total. The van der Waals surface area contributed by atoms with Gasteiger partial charge in [-0.05, 0) is 41.8 Å². The Balaban J connectivity index is 1.90. The number of alkyl halides is 6. The molecule has 2 aromatic carbocycles. The minimum absolute atomic E-state index is 0.100. The van der Waals surface area contributed by atoms with E-state index in [1.54, 1.807) is 0 Å². The average Bonchev–Trinajstić information content (AvgIpc) is 2.62. The molecule has 3 rings (SSSR count). The van der Waals surface area contributed by atoms with Gasteiger partial charge in [-0.1, -0.05) is 30.4 Å². The maximum absolute atomic E-state index is 12.7. The van der Waals surface area contributed by atoms with Crippen LogP contribution in [-0.2, 0) is 6.18 Å². The van der Waals surface area contributed by atoms with E-state index in [1.807, 2.05) is 0 Å². The maximum Gasteiger partial charge on any atom is 0.416 e. The van der Waals surface area contributed by atoms with E-state index in [4.69, 9.17) is 0 Å². The standard InChI is InChI=1S/C20H14F6O2/c21-19(22,23)13-5-1-11(2-6-13)15-9-18(28)16(10-17(15)27)12-3-7-14(8-4-12)20(24,25)26/h1-7,9-10,14,27-28H,8H2. The smallest absolute Gasteiger partial charge is 0.416 e. The summed E-state index contributed by atoms with van der Waals surface area (Å²) >= 11 is 0. The third-order valence-electron chi connectivity index (χ3n) is 4.47. The van der Waals surface area contributed by atoms with Crippen molar-refractivity contribution in [2.24, 2.45) is 5.92 Å². The van der Waals surface area contributed by atoms with Crippen molar-refractivity contribution < 1.29 is 36.6 Å². The number of rotatable bonds is 2. The zero-order chi connectivity index (χ0) is 20.7. The molecule has 0 heterocycles. The van der Waals surface area contributed by atoms with Gasteiger partial charge in [0.2, 0.25) is 0 Å². The van der Waals surface area contributed by atoms with Gasteiger partial charge < -0.3 is 10.2 Å². The molecule has 28 heavy (non-hydrogen) atoms. The molecule has 148 valence electrons. The van der Waals surface area contributed by atoms with Crippen molar-refractivity contribution in [1.29, 1.82) is 0 Å². The third-order valence-corrected chi connectivity index (χ3v) is 4.47. The Morgan fingerprint density at radius 1 is 0.821 bits per heavy atom. The Bertz CT molecular complexity index is 937. The Morgan fingerprint density at radius 2 is 1.39 bits per heavy atom. The number of halogens is 6. The van der Waals surface area contributed by atoms with E-state index in [-0.39, 0.29) is 34.6 Å². The number of phenols is 2. The highest BCUT2D eigenvalue weighted by atomic mass is 19.4. The van der Waals surface area contributed by atoms with Crippen molar-refractivity contribution in [2.75, 3.05) is 0 Å². The summed E-state index contributed by atoms with van der Waals surface area (Å²) in [7, 11) is 0. The SMILES string of the molecule is Oc1cc(-c2ccc(C(F)(F)F)cc2)c(O)cc1C1=CCC(C(F)(F)F)C=C1. The molecule has 1 aliphatic carbocycles. The zero-order valence-electron chi connectivity index (χ0n) is 14.1. The molecule has 0 bridgehead atoms. The molecule has 0 aromatic heterocycles. The lowest BCUT2D eigenvalue weighted by Crippen LogP contribution is -2.21. The molecule has 1 unspecified atom stereocenters. The summed E-state index contributed by atoms with van der Waals surface area (Å²) < 4.78 is 76.1. The summed E-state index contributed by atoms with van der Waals surface area (Å²) in [5.74, 6) is -2.24. The molecule has 0 spiro atoms. The van der Waals surface area contributed by atoms with Gasteiger partial charge in [0.15, 0.2) is 0 Å². The van der Waals surface area contributed by atoms with Crippen molar-refractivity contribution in [2.45, 2.75) is 18.8 Å². The van der Waals surface area contributed by atoms with Crippen LogP contribution in [0.4, 0.5) is 26.3 Å². The first-order valence-electron chi connectivity index (χ1n) is 8.16. The van der Waals surface area contributed by atoms with E-state index in [1.165, 1.54) is 18.2 Å². The highest BCUT2D eigenvalue weighted by Crippen LogP contribution is 2.41. The van der Waals surface area contributed by atoms with Gasteiger partial charge >= 0.3 is 12.4 Å². The Labute approximate surface area is 156 Å². The van der Waals surface area contributed by atoms with Gasteiger partial charge in [-0.2, -0.15) is 26.3 Å². The van der Waals surface area contributed by atoms with Crippen LogP contribution in [0.15, 0.2) is 54.6 Å². The molecule has 2 nitrogen and oxygen atoms in total. The molecule has 0 saturated carbocycles. The molecule has 0 amide bonds. The van der Waals surface area contributed by atoms with Gasteiger partial charge in [0.25, 0.3) is 0 Å². The Hall–Kier alpha value is -2.90. The molecular formula is C20H14F6O2. The predicted molar refractivity (Wildman–Crippen MR) is 91.5 cm³/mol. The van der Waals surface area contributed by atoms with E-state index in [0.29, 0.717) is 5.57 Å². The largest absolute Gasteiger partial charge is 0.507 e. The predicted octanol–water partition coefficient (Wildman–Crippen LogP) is 6.31. The van der Waals surface area contributed by atoms with Crippen LogP contribution in [0.25, 0.3) is 16.7 Å². The molecule has 0 saturated heterocycles. The van der Waals surface area contributed by atoms with E-state index in [9.17, 15) is 36.6 Å². The summed E-state index contributed by atoms with van der Waals surface area (Å²) in [6.07, 6.45) is -5.65. The quantitative estimate of drug-likeness (QED) is 0.458. The number of phenolic OH excluding ortho intramolecular Hbond substituents is 2. The number of hydrogen-bond donors (Lipinski definition) is 2. The summed E-state index contributed by atoms with van der Waals surface area (Å²) in [6.45, 7) is 0. The van der Waals surface area contributed by atoms with E-state index < -0.39 is 23.8 Å². The van der Waals surface area contributed by atoms with Crippen molar-refractivity contribution in [3.63, 3.8) is 0 Å². The molecule has 0 aliphatic heterocycles. The lowest BCUT2D eigenvalue weighted by molar-refractivity contribution is -0.160. The van der Waals surface area contributed by atoms with E-state index >= 15 is 0 Å². The number of allylic oxidation sites excluding steroid dienone is 4. The van der Waals surface area contributed by atoms with Crippen LogP contribution in [0, 0.1) is 5.92 Å². The second kappa shape index (κ2) is 6.92. The molecular weight excluding hydrogens is 386 g/mol. The van der Waals surface area contributed by atoms with Gasteiger partial charge in [0, 0.05) is 11.1 Å². The second-order valence-corrected chi connectivity index (χ2v) is 6.36. The lowest BCUT2D eigenvalue weighted by atomic mass is 9.91. The molecule has 0 radical (unpaired) electrons. The highest BCUT2D eigenvalue weighted by molar-refractivity contribution is 5.83. The highest BCUT2D eigenvalue weighted by Gasteiger charge is 2.38. The van der Waals surface area contributed by atoms with Crippen molar-refractivity contribution in [3.05, 3.63) is 65.8 Å². The van der Waals surface area contributed by atoms with Gasteiger partial charge in [0.1, 0.15) is 11.5 Å². The van der Waals surface area contributed by atoms with Crippen LogP contribution in [0.5, 0.6) is 11.5 Å². The summed E-state index contributed by atoms with van der Waals surface area (Å²) in [5, 5.41) is 20.5. The fourth-order valence-electron chi connectivity index (χ4n) is 2.94. The normalized spacial score (nSPS) is 17.5. The van der Waals surface area contributed by atoms with Gasteiger partial charge in [0.05, 0.1) is 11.5 Å². The fraction of sp³-hybridized carbons (Fsp3) is 0.200. The molecule has 1 aliphatic rings. The van der Waals surface area contributed by atoms with Crippen molar-refractivity contribution in [1.82, 2.24) is 0 Å². The Kier molecular flexibility index (Phi) is 4.91. The molecule has 0 fully saturated rings. The molecule has 2 aromatic rings. The van der Waals surface area contributed by atoms with Crippen LogP contribution >= 0.6 is 0 Å². The average molecular weight is 400 g/mol. The zero-order valence-corrected chi connectivity index (χ0v) is 14.1. The molecule has 1 atom stereocenters. The van der Waals surface area contributed by atoms with E-state index in [0.717, 1.165) is 36.4 Å². The first-order valence-corrected chi connectivity index (χ1v) is 8.16. The van der Waals surface area contributed by atoms with Crippen LogP contribution in [-0.4, -0.2) is 16.4 Å². The van der Waals surface area contributed by atoms with Gasteiger partial charge in [-0.3, -0.25) is 0 Å². The van der Waals surface area contributed by atoms with Gasteiger partial charge in [-0.25, -0.2) is 0 Å². The van der Waals surface area contributed by atoms with Crippen molar-refractivity contribution >= 4 is 5.57 Å². The summed E-state index contributed by atoms with van der Waals surface area (Å²) in [6, 6.07) is 6.35. The summed E-state index contributed by atoms with van der Waals surface area (Å²) in [4.78, 5) is 0. The number of hydrogen-bond acceptors (Lipinski definition) is 2. The number of benzene rings is 2. The Morgan fingerprint density at radius 3 is 1.89 bits per heavy atom. The van der Waals surface area contributed by atoms with E-state index in [2.05, 4.69) is 0 Å². The van der Waals surface area contributed by atoms with Crippen LogP contribution in [0.1, 0.15) is 17.5 Å². The van der Waals surface area contributed by atoms with Crippen LogP contribution in [0.3, 0.4) is 0 Å².